The summed E-state index contributed by atoms with van der Waals surface area (Å²) in [6, 6.07) is 3.19. The molecule has 0 N–H and O–H groups in total. The first-order chi connectivity index (χ1) is 9.90. The predicted molar refractivity (Wildman–Crippen MR) is 80.2 cm³/mol. The lowest BCUT2D eigenvalue weighted by Gasteiger charge is -2.06. The molecule has 0 atom stereocenters. The molecule has 112 valence electrons. The first-order valence-electron chi connectivity index (χ1n) is 6.04. The summed E-state index contributed by atoms with van der Waals surface area (Å²) in [6.45, 7) is 1.71. The van der Waals surface area contributed by atoms with E-state index in [-0.39, 0.29) is 6.42 Å². The summed E-state index contributed by atoms with van der Waals surface area (Å²) in [5, 5.41) is 1.35. The van der Waals surface area contributed by atoms with Crippen LogP contribution in [0.5, 0.6) is 0 Å². The SMILES string of the molecule is COC(=O)Cc1c(C)n(C(=O)OC)c2c(Cl)cc(Cl)cc12. The Labute approximate surface area is 131 Å². The maximum absolute atomic E-state index is 12.0. The highest BCUT2D eigenvalue weighted by Crippen LogP contribution is 2.34. The van der Waals surface area contributed by atoms with Crippen LogP contribution in [0.3, 0.4) is 0 Å². The lowest BCUT2D eigenvalue weighted by atomic mass is 10.1. The number of benzene rings is 1. The van der Waals surface area contributed by atoms with Gasteiger partial charge in [-0.1, -0.05) is 23.2 Å². The zero-order valence-corrected chi connectivity index (χ0v) is 13.2. The van der Waals surface area contributed by atoms with E-state index >= 15 is 0 Å². The Morgan fingerprint density at radius 3 is 2.43 bits per heavy atom. The molecule has 5 nitrogen and oxygen atoms in total. The van der Waals surface area contributed by atoms with Crippen molar-refractivity contribution in [2.45, 2.75) is 13.3 Å². The fraction of sp³-hybridized carbons (Fsp3) is 0.286. The molecule has 0 radical (unpaired) electrons. The number of halogens is 2. The third kappa shape index (κ3) is 2.71. The predicted octanol–water partition coefficient (Wildman–Crippen LogP) is 3.59. The van der Waals surface area contributed by atoms with E-state index in [1.165, 1.54) is 24.9 Å². The maximum Gasteiger partial charge on any atom is 0.418 e. The van der Waals surface area contributed by atoms with Gasteiger partial charge in [-0.2, -0.15) is 0 Å². The van der Waals surface area contributed by atoms with Gasteiger partial charge in [0.25, 0.3) is 0 Å². The molecule has 0 bridgehead atoms. The van der Waals surface area contributed by atoms with Crippen LogP contribution in [0.25, 0.3) is 10.9 Å². The molecule has 0 aliphatic heterocycles. The van der Waals surface area contributed by atoms with Gasteiger partial charge in [0, 0.05) is 16.1 Å². The van der Waals surface area contributed by atoms with Crippen molar-refractivity contribution in [2.75, 3.05) is 14.2 Å². The minimum Gasteiger partial charge on any atom is -0.469 e. The van der Waals surface area contributed by atoms with E-state index in [0.717, 1.165) is 0 Å². The van der Waals surface area contributed by atoms with Gasteiger partial charge in [-0.15, -0.1) is 0 Å². The van der Waals surface area contributed by atoms with Crippen LogP contribution in [0.2, 0.25) is 10.0 Å². The number of hydrogen-bond donors (Lipinski definition) is 0. The molecule has 0 amide bonds. The summed E-state index contributed by atoms with van der Waals surface area (Å²) < 4.78 is 10.8. The Kier molecular flexibility index (Phi) is 4.44. The number of rotatable bonds is 2. The van der Waals surface area contributed by atoms with Crippen LogP contribution in [-0.2, 0) is 20.7 Å². The second-order valence-electron chi connectivity index (χ2n) is 4.41. The molecular formula is C14H13Cl2NO4. The Bertz CT molecular complexity index is 736. The number of methoxy groups -OCH3 is 2. The number of esters is 1. The minimum atomic E-state index is -0.585. The van der Waals surface area contributed by atoms with E-state index in [2.05, 4.69) is 4.74 Å². The number of fused-ring (bicyclic) bond motifs is 1. The van der Waals surface area contributed by atoms with Crippen molar-refractivity contribution in [1.29, 1.82) is 0 Å². The zero-order chi connectivity index (χ0) is 15.7. The summed E-state index contributed by atoms with van der Waals surface area (Å²) >= 11 is 12.2. The molecule has 0 saturated carbocycles. The molecule has 0 unspecified atom stereocenters. The summed E-state index contributed by atoms with van der Waals surface area (Å²) in [4.78, 5) is 23.6. The van der Waals surface area contributed by atoms with Gasteiger partial charge in [-0.05, 0) is 24.6 Å². The number of hydrogen-bond acceptors (Lipinski definition) is 4. The highest BCUT2D eigenvalue weighted by Gasteiger charge is 2.23. The summed E-state index contributed by atoms with van der Waals surface area (Å²) in [7, 11) is 2.58. The first kappa shape index (κ1) is 15.7. The topological polar surface area (TPSA) is 57.5 Å². The first-order valence-corrected chi connectivity index (χ1v) is 6.80. The zero-order valence-electron chi connectivity index (χ0n) is 11.7. The lowest BCUT2D eigenvalue weighted by Crippen LogP contribution is -2.14. The van der Waals surface area contributed by atoms with Crippen molar-refractivity contribution in [2.24, 2.45) is 0 Å². The van der Waals surface area contributed by atoms with Gasteiger partial charge in [0.2, 0.25) is 0 Å². The Balaban J connectivity index is 2.82. The molecule has 2 aromatic rings. The molecule has 0 fully saturated rings. The van der Waals surface area contributed by atoms with Crippen LogP contribution < -0.4 is 0 Å². The van der Waals surface area contributed by atoms with Crippen molar-refractivity contribution in [3.63, 3.8) is 0 Å². The maximum atomic E-state index is 12.0. The Morgan fingerprint density at radius 1 is 1.19 bits per heavy atom. The monoisotopic (exact) mass is 329 g/mol. The fourth-order valence-electron chi connectivity index (χ4n) is 2.28. The Hall–Kier alpha value is -1.72. The quantitative estimate of drug-likeness (QED) is 0.790. The van der Waals surface area contributed by atoms with E-state index in [1.54, 1.807) is 13.0 Å². The van der Waals surface area contributed by atoms with Crippen LogP contribution in [0.4, 0.5) is 4.79 Å². The molecule has 1 aromatic carbocycles. The average molecular weight is 330 g/mol. The van der Waals surface area contributed by atoms with Crippen molar-refractivity contribution < 1.29 is 19.1 Å². The summed E-state index contributed by atoms with van der Waals surface area (Å²) in [6.07, 6.45) is -0.572. The highest BCUT2D eigenvalue weighted by molar-refractivity contribution is 6.38. The molecule has 1 aromatic heterocycles. The molecule has 0 saturated heterocycles. The van der Waals surface area contributed by atoms with Gasteiger partial charge in [0.15, 0.2) is 0 Å². The van der Waals surface area contributed by atoms with E-state index in [4.69, 9.17) is 27.9 Å². The molecule has 0 aliphatic carbocycles. The molecule has 2 rings (SSSR count). The van der Waals surface area contributed by atoms with E-state index in [1.807, 2.05) is 0 Å². The number of ether oxygens (including phenoxy) is 2. The second kappa shape index (κ2) is 5.95. The second-order valence-corrected chi connectivity index (χ2v) is 5.25. The molecule has 1 heterocycles. The van der Waals surface area contributed by atoms with Crippen molar-refractivity contribution in [3.05, 3.63) is 33.4 Å². The molecule has 0 aliphatic rings. The fourth-order valence-corrected chi connectivity index (χ4v) is 2.86. The van der Waals surface area contributed by atoms with Crippen LogP contribution in [0.1, 0.15) is 11.3 Å². The molecular weight excluding hydrogens is 317 g/mol. The van der Waals surface area contributed by atoms with Gasteiger partial charge in [0.05, 0.1) is 31.2 Å². The standard InChI is InChI=1S/C14H13Cl2NO4/c1-7-9(6-12(18)20-2)10-4-8(15)5-11(16)13(10)17(7)14(19)21-3/h4-5H,6H2,1-3H3. The molecule has 7 heteroatoms. The smallest absolute Gasteiger partial charge is 0.418 e. The third-order valence-electron chi connectivity index (χ3n) is 3.26. The van der Waals surface area contributed by atoms with Gasteiger partial charge >= 0.3 is 12.1 Å². The largest absolute Gasteiger partial charge is 0.469 e. The summed E-state index contributed by atoms with van der Waals surface area (Å²) in [5.41, 5.74) is 1.65. The number of aromatic nitrogens is 1. The normalized spacial score (nSPS) is 10.7. The van der Waals surface area contributed by atoms with Crippen LogP contribution in [0.15, 0.2) is 12.1 Å². The van der Waals surface area contributed by atoms with Gasteiger partial charge < -0.3 is 9.47 Å². The van der Waals surface area contributed by atoms with Crippen LogP contribution in [-0.4, -0.2) is 30.8 Å². The summed E-state index contributed by atoms with van der Waals surface area (Å²) in [5.74, 6) is -0.418. The van der Waals surface area contributed by atoms with Gasteiger partial charge in [-0.3, -0.25) is 4.79 Å². The molecule has 0 spiro atoms. The van der Waals surface area contributed by atoms with Crippen LogP contribution in [0, 0.1) is 6.92 Å². The Morgan fingerprint density at radius 2 is 1.86 bits per heavy atom. The van der Waals surface area contributed by atoms with Crippen molar-refractivity contribution in [3.8, 4) is 0 Å². The third-order valence-corrected chi connectivity index (χ3v) is 3.76. The van der Waals surface area contributed by atoms with Gasteiger partial charge in [0.1, 0.15) is 0 Å². The van der Waals surface area contributed by atoms with Crippen molar-refractivity contribution >= 4 is 46.2 Å². The lowest BCUT2D eigenvalue weighted by molar-refractivity contribution is -0.139. The minimum absolute atomic E-state index is 0.0134. The number of carbonyl (C=O) groups excluding carboxylic acids is 2. The highest BCUT2D eigenvalue weighted by atomic mass is 35.5. The average Bonchev–Trinajstić information content (AvgIpc) is 2.71. The van der Waals surface area contributed by atoms with Gasteiger partial charge in [-0.25, -0.2) is 9.36 Å². The number of carbonyl (C=O) groups is 2. The number of nitrogens with zero attached hydrogens (tertiary/aromatic N) is 1. The van der Waals surface area contributed by atoms with E-state index in [0.29, 0.717) is 32.2 Å². The van der Waals surface area contributed by atoms with E-state index in [9.17, 15) is 9.59 Å². The van der Waals surface area contributed by atoms with E-state index < -0.39 is 12.1 Å². The van der Waals surface area contributed by atoms with Crippen LogP contribution >= 0.6 is 23.2 Å². The van der Waals surface area contributed by atoms with Crippen molar-refractivity contribution in [1.82, 2.24) is 4.57 Å². The molecule has 21 heavy (non-hydrogen) atoms.